The van der Waals surface area contributed by atoms with Crippen LogP contribution in [0.3, 0.4) is 0 Å². The SMILES string of the molecule is CCOc1cccc2sc(NC(=O)CCOc3ccccc3)nc12. The smallest absolute Gasteiger partial charge is 0.229 e. The van der Waals surface area contributed by atoms with Gasteiger partial charge in [0.1, 0.15) is 17.0 Å². The van der Waals surface area contributed by atoms with Gasteiger partial charge >= 0.3 is 0 Å². The molecule has 1 amide bonds. The van der Waals surface area contributed by atoms with Gasteiger partial charge in [0, 0.05) is 0 Å². The first-order valence-corrected chi connectivity index (χ1v) is 8.58. The van der Waals surface area contributed by atoms with E-state index in [4.69, 9.17) is 9.47 Å². The Balaban J connectivity index is 1.58. The summed E-state index contributed by atoms with van der Waals surface area (Å²) in [4.78, 5) is 16.5. The van der Waals surface area contributed by atoms with Gasteiger partial charge in [-0.3, -0.25) is 4.79 Å². The van der Waals surface area contributed by atoms with Crippen molar-refractivity contribution in [2.24, 2.45) is 0 Å². The van der Waals surface area contributed by atoms with Gasteiger partial charge in [-0.25, -0.2) is 4.98 Å². The van der Waals surface area contributed by atoms with Gasteiger partial charge < -0.3 is 14.8 Å². The number of nitrogens with one attached hydrogen (secondary N) is 1. The summed E-state index contributed by atoms with van der Waals surface area (Å²) in [5.74, 6) is 1.37. The lowest BCUT2D eigenvalue weighted by Crippen LogP contribution is -2.15. The number of fused-ring (bicyclic) bond motifs is 1. The van der Waals surface area contributed by atoms with E-state index < -0.39 is 0 Å². The van der Waals surface area contributed by atoms with Gasteiger partial charge in [-0.15, -0.1) is 0 Å². The van der Waals surface area contributed by atoms with Crippen LogP contribution in [0.25, 0.3) is 10.2 Å². The number of aromatic nitrogens is 1. The molecule has 24 heavy (non-hydrogen) atoms. The third kappa shape index (κ3) is 4.02. The maximum Gasteiger partial charge on any atom is 0.229 e. The molecule has 0 aliphatic carbocycles. The van der Waals surface area contributed by atoms with E-state index in [-0.39, 0.29) is 12.3 Å². The van der Waals surface area contributed by atoms with Crippen LogP contribution in [-0.2, 0) is 4.79 Å². The number of hydrogen-bond acceptors (Lipinski definition) is 5. The van der Waals surface area contributed by atoms with Crippen LogP contribution in [0.5, 0.6) is 11.5 Å². The molecule has 0 spiro atoms. The van der Waals surface area contributed by atoms with Gasteiger partial charge in [0.25, 0.3) is 0 Å². The van der Waals surface area contributed by atoms with Gasteiger partial charge in [0.05, 0.1) is 24.3 Å². The summed E-state index contributed by atoms with van der Waals surface area (Å²) >= 11 is 1.43. The molecule has 0 radical (unpaired) electrons. The number of para-hydroxylation sites is 2. The van der Waals surface area contributed by atoms with Crippen molar-refractivity contribution in [2.75, 3.05) is 18.5 Å². The van der Waals surface area contributed by atoms with Gasteiger partial charge in [-0.2, -0.15) is 0 Å². The van der Waals surface area contributed by atoms with Crippen LogP contribution in [0, 0.1) is 0 Å². The lowest BCUT2D eigenvalue weighted by atomic mass is 10.3. The molecular weight excluding hydrogens is 324 g/mol. The molecule has 3 rings (SSSR count). The molecule has 0 bridgehead atoms. The van der Waals surface area contributed by atoms with Crippen molar-refractivity contribution in [3.8, 4) is 11.5 Å². The third-order valence-electron chi connectivity index (χ3n) is 3.27. The molecule has 3 aromatic rings. The third-order valence-corrected chi connectivity index (χ3v) is 4.21. The highest BCUT2D eigenvalue weighted by molar-refractivity contribution is 7.22. The molecule has 2 aromatic carbocycles. The van der Waals surface area contributed by atoms with Gasteiger partial charge in [0.15, 0.2) is 5.13 Å². The number of amides is 1. The van der Waals surface area contributed by atoms with E-state index in [0.29, 0.717) is 18.3 Å². The molecule has 124 valence electrons. The number of ether oxygens (including phenoxy) is 2. The van der Waals surface area contributed by atoms with E-state index >= 15 is 0 Å². The summed E-state index contributed by atoms with van der Waals surface area (Å²) < 4.78 is 12.1. The second-order valence-corrected chi connectivity index (χ2v) is 6.05. The lowest BCUT2D eigenvalue weighted by Gasteiger charge is -2.05. The summed E-state index contributed by atoms with van der Waals surface area (Å²) in [6.07, 6.45) is 0.267. The topological polar surface area (TPSA) is 60.5 Å². The van der Waals surface area contributed by atoms with Crippen molar-refractivity contribution in [3.05, 3.63) is 48.5 Å². The van der Waals surface area contributed by atoms with E-state index in [1.807, 2.05) is 55.5 Å². The Morgan fingerprint density at radius 3 is 2.75 bits per heavy atom. The van der Waals surface area contributed by atoms with Crippen LogP contribution in [0.15, 0.2) is 48.5 Å². The standard InChI is InChI=1S/C18H18N2O3S/c1-2-22-14-9-6-10-15-17(14)20-18(24-15)19-16(21)11-12-23-13-7-4-3-5-8-13/h3-10H,2,11-12H2,1H3,(H,19,20,21). The molecule has 0 saturated heterocycles. The summed E-state index contributed by atoms with van der Waals surface area (Å²) in [5.41, 5.74) is 0.778. The molecule has 1 N–H and O–H groups in total. The van der Waals surface area contributed by atoms with Crippen LogP contribution >= 0.6 is 11.3 Å². The van der Waals surface area contributed by atoms with Crippen molar-refractivity contribution in [1.29, 1.82) is 0 Å². The molecular formula is C18H18N2O3S. The van der Waals surface area contributed by atoms with Crippen LogP contribution in [0.2, 0.25) is 0 Å². The number of rotatable bonds is 7. The average molecular weight is 342 g/mol. The molecule has 0 atom stereocenters. The Kier molecular flexibility index (Phi) is 5.28. The Labute approximate surface area is 144 Å². The van der Waals surface area contributed by atoms with E-state index in [0.717, 1.165) is 21.7 Å². The van der Waals surface area contributed by atoms with Crippen LogP contribution in [0.1, 0.15) is 13.3 Å². The number of anilines is 1. The Bertz CT molecular complexity index is 818. The Morgan fingerprint density at radius 1 is 1.12 bits per heavy atom. The van der Waals surface area contributed by atoms with Crippen molar-refractivity contribution in [1.82, 2.24) is 4.98 Å². The zero-order valence-electron chi connectivity index (χ0n) is 13.3. The number of hydrogen-bond donors (Lipinski definition) is 1. The fourth-order valence-corrected chi connectivity index (χ4v) is 3.11. The summed E-state index contributed by atoms with van der Waals surface area (Å²) in [6.45, 7) is 2.83. The van der Waals surface area contributed by atoms with E-state index in [9.17, 15) is 4.79 Å². The van der Waals surface area contributed by atoms with E-state index in [1.165, 1.54) is 11.3 Å². The predicted molar refractivity (Wildman–Crippen MR) is 96.0 cm³/mol. The molecule has 0 unspecified atom stereocenters. The highest BCUT2D eigenvalue weighted by atomic mass is 32.1. The van der Waals surface area contributed by atoms with Gasteiger partial charge in [-0.1, -0.05) is 35.6 Å². The molecule has 0 aliphatic rings. The lowest BCUT2D eigenvalue weighted by molar-refractivity contribution is -0.116. The van der Waals surface area contributed by atoms with Crippen LogP contribution in [0.4, 0.5) is 5.13 Å². The molecule has 1 heterocycles. The largest absolute Gasteiger partial charge is 0.493 e. The molecule has 1 aromatic heterocycles. The normalized spacial score (nSPS) is 10.5. The average Bonchev–Trinajstić information content (AvgIpc) is 2.99. The van der Waals surface area contributed by atoms with Gasteiger partial charge in [0.2, 0.25) is 5.91 Å². The van der Waals surface area contributed by atoms with Crippen molar-refractivity contribution < 1.29 is 14.3 Å². The van der Waals surface area contributed by atoms with Crippen molar-refractivity contribution in [2.45, 2.75) is 13.3 Å². The van der Waals surface area contributed by atoms with Crippen molar-refractivity contribution in [3.63, 3.8) is 0 Å². The molecule has 6 heteroatoms. The Morgan fingerprint density at radius 2 is 1.96 bits per heavy atom. The first-order valence-electron chi connectivity index (χ1n) is 7.76. The number of nitrogens with zero attached hydrogens (tertiary/aromatic N) is 1. The monoisotopic (exact) mass is 342 g/mol. The molecule has 0 aliphatic heterocycles. The first-order chi connectivity index (χ1) is 11.8. The summed E-state index contributed by atoms with van der Waals surface area (Å²) in [6, 6.07) is 15.2. The Hall–Kier alpha value is -2.60. The first kappa shape index (κ1) is 16.3. The molecule has 5 nitrogen and oxygen atoms in total. The van der Waals surface area contributed by atoms with E-state index in [2.05, 4.69) is 10.3 Å². The second-order valence-electron chi connectivity index (χ2n) is 5.01. The number of thiazole rings is 1. The van der Waals surface area contributed by atoms with Crippen molar-refractivity contribution >= 4 is 32.6 Å². The fourth-order valence-electron chi connectivity index (χ4n) is 2.21. The molecule has 0 saturated carbocycles. The minimum Gasteiger partial charge on any atom is -0.493 e. The zero-order valence-corrected chi connectivity index (χ0v) is 14.1. The van der Waals surface area contributed by atoms with E-state index in [1.54, 1.807) is 0 Å². The predicted octanol–water partition coefficient (Wildman–Crippen LogP) is 4.10. The van der Waals surface area contributed by atoms with Crippen LogP contribution in [-0.4, -0.2) is 24.1 Å². The van der Waals surface area contributed by atoms with Crippen LogP contribution < -0.4 is 14.8 Å². The molecule has 0 fully saturated rings. The minimum absolute atomic E-state index is 0.122. The summed E-state index contributed by atoms with van der Waals surface area (Å²) in [7, 11) is 0. The highest BCUT2D eigenvalue weighted by Gasteiger charge is 2.11. The maximum atomic E-state index is 12.0. The number of carbonyl (C=O) groups excluding carboxylic acids is 1. The maximum absolute atomic E-state index is 12.0. The fraction of sp³-hybridized carbons (Fsp3) is 0.222. The number of benzene rings is 2. The second kappa shape index (κ2) is 7.79. The summed E-state index contributed by atoms with van der Waals surface area (Å²) in [5, 5.41) is 3.39. The zero-order chi connectivity index (χ0) is 16.8. The van der Waals surface area contributed by atoms with Gasteiger partial charge in [-0.05, 0) is 31.2 Å². The number of carbonyl (C=O) groups is 1. The quantitative estimate of drug-likeness (QED) is 0.702. The minimum atomic E-state index is -0.122. The highest BCUT2D eigenvalue weighted by Crippen LogP contribution is 2.32.